The first-order chi connectivity index (χ1) is 10.1. The Bertz CT molecular complexity index is 728. The van der Waals surface area contributed by atoms with Crippen LogP contribution in [-0.4, -0.2) is 9.97 Å². The number of aryl methyl sites for hydroxylation is 2. The van der Waals surface area contributed by atoms with Gasteiger partial charge >= 0.3 is 0 Å². The molecule has 0 aliphatic rings. The molecule has 0 fully saturated rings. The van der Waals surface area contributed by atoms with Crippen LogP contribution in [-0.2, 0) is 6.42 Å². The van der Waals surface area contributed by atoms with Gasteiger partial charge in [-0.1, -0.05) is 30.3 Å². The molecule has 2 aromatic heterocycles. The van der Waals surface area contributed by atoms with Crippen LogP contribution in [0.3, 0.4) is 0 Å². The van der Waals surface area contributed by atoms with Crippen molar-refractivity contribution >= 4 is 0 Å². The minimum Gasteiger partial charge on any atom is -0.466 e. The highest BCUT2D eigenvalue weighted by molar-refractivity contribution is 5.61. The van der Waals surface area contributed by atoms with Crippen molar-refractivity contribution in [2.45, 2.75) is 26.3 Å². The summed E-state index contributed by atoms with van der Waals surface area (Å²) < 4.78 is 5.56. The standard InChI is InChI=1S/C17H19N3O/c1-11-8-14(12(2)21-11)16-10-19-17(20-16)9-15(18)13-6-4-3-5-7-13/h3-8,10,15H,9,18H2,1-2H3,(H,19,20). The third kappa shape index (κ3) is 2.90. The molecule has 0 bridgehead atoms. The zero-order chi connectivity index (χ0) is 14.8. The number of aromatic amines is 1. The van der Waals surface area contributed by atoms with Crippen molar-refractivity contribution in [3.8, 4) is 11.3 Å². The normalized spacial score (nSPS) is 12.5. The summed E-state index contributed by atoms with van der Waals surface area (Å²) in [6, 6.07) is 12.0. The molecule has 21 heavy (non-hydrogen) atoms. The molecule has 0 saturated heterocycles. The molecule has 4 heteroatoms. The average molecular weight is 281 g/mol. The van der Waals surface area contributed by atoms with Gasteiger partial charge in [-0.2, -0.15) is 0 Å². The quantitative estimate of drug-likeness (QED) is 0.768. The van der Waals surface area contributed by atoms with Crippen molar-refractivity contribution in [1.29, 1.82) is 0 Å². The summed E-state index contributed by atoms with van der Waals surface area (Å²) in [6.45, 7) is 3.90. The topological polar surface area (TPSA) is 67.8 Å². The van der Waals surface area contributed by atoms with E-state index >= 15 is 0 Å². The van der Waals surface area contributed by atoms with Crippen molar-refractivity contribution in [1.82, 2.24) is 9.97 Å². The third-order valence-corrected chi connectivity index (χ3v) is 3.60. The van der Waals surface area contributed by atoms with Crippen LogP contribution in [0.15, 0.2) is 47.0 Å². The summed E-state index contributed by atoms with van der Waals surface area (Å²) in [7, 11) is 0. The van der Waals surface area contributed by atoms with Gasteiger partial charge in [-0.3, -0.25) is 0 Å². The van der Waals surface area contributed by atoms with Gasteiger partial charge < -0.3 is 15.1 Å². The monoisotopic (exact) mass is 281 g/mol. The molecule has 3 aromatic rings. The Morgan fingerprint density at radius 1 is 1.24 bits per heavy atom. The number of aromatic nitrogens is 2. The van der Waals surface area contributed by atoms with Crippen molar-refractivity contribution in [3.63, 3.8) is 0 Å². The maximum atomic E-state index is 6.23. The lowest BCUT2D eigenvalue weighted by Crippen LogP contribution is -2.13. The van der Waals surface area contributed by atoms with Crippen LogP contribution < -0.4 is 5.73 Å². The summed E-state index contributed by atoms with van der Waals surface area (Å²) in [5, 5.41) is 0. The molecule has 1 aromatic carbocycles. The number of nitrogens with zero attached hydrogens (tertiary/aromatic N) is 1. The summed E-state index contributed by atoms with van der Waals surface area (Å²) in [4.78, 5) is 7.76. The minimum absolute atomic E-state index is 0.0580. The zero-order valence-corrected chi connectivity index (χ0v) is 12.3. The fraction of sp³-hybridized carbons (Fsp3) is 0.235. The maximum Gasteiger partial charge on any atom is 0.110 e. The molecule has 4 nitrogen and oxygen atoms in total. The Hall–Kier alpha value is -2.33. The first-order valence-corrected chi connectivity index (χ1v) is 7.05. The number of furan rings is 1. The van der Waals surface area contributed by atoms with Crippen LogP contribution in [0.4, 0.5) is 0 Å². The van der Waals surface area contributed by atoms with Gasteiger partial charge in [-0.15, -0.1) is 0 Å². The number of nitrogens with one attached hydrogen (secondary N) is 1. The fourth-order valence-electron chi connectivity index (χ4n) is 2.53. The minimum atomic E-state index is -0.0580. The Morgan fingerprint density at radius 2 is 2.00 bits per heavy atom. The molecule has 3 N–H and O–H groups in total. The highest BCUT2D eigenvalue weighted by Crippen LogP contribution is 2.25. The summed E-state index contributed by atoms with van der Waals surface area (Å²) in [6.07, 6.45) is 2.52. The molecule has 3 rings (SSSR count). The Labute approximate surface area is 124 Å². The number of rotatable bonds is 4. The molecular weight excluding hydrogens is 262 g/mol. The first kappa shape index (κ1) is 13.6. The van der Waals surface area contributed by atoms with Crippen LogP contribution in [0.1, 0.15) is 29.0 Å². The van der Waals surface area contributed by atoms with E-state index in [9.17, 15) is 0 Å². The first-order valence-electron chi connectivity index (χ1n) is 7.05. The summed E-state index contributed by atoms with van der Waals surface area (Å²) in [5.41, 5.74) is 9.37. The maximum absolute atomic E-state index is 6.23. The van der Waals surface area contributed by atoms with Crippen molar-refractivity contribution < 1.29 is 4.42 Å². The molecule has 2 heterocycles. The van der Waals surface area contributed by atoms with E-state index in [4.69, 9.17) is 10.2 Å². The van der Waals surface area contributed by atoms with Crippen molar-refractivity contribution in [2.75, 3.05) is 0 Å². The lowest BCUT2D eigenvalue weighted by atomic mass is 10.0. The van der Waals surface area contributed by atoms with Gasteiger partial charge in [0.05, 0.1) is 11.9 Å². The second-order valence-electron chi connectivity index (χ2n) is 5.29. The van der Waals surface area contributed by atoms with Crippen molar-refractivity contribution in [2.24, 2.45) is 5.73 Å². The molecule has 1 atom stereocenters. The van der Waals surface area contributed by atoms with Gasteiger partial charge in [-0.25, -0.2) is 4.98 Å². The van der Waals surface area contributed by atoms with E-state index in [1.54, 1.807) is 0 Å². The van der Waals surface area contributed by atoms with Gasteiger partial charge in [0.15, 0.2) is 0 Å². The number of hydrogen-bond donors (Lipinski definition) is 2. The summed E-state index contributed by atoms with van der Waals surface area (Å²) in [5.74, 6) is 2.69. The van der Waals surface area contributed by atoms with E-state index in [1.165, 1.54) is 0 Å². The van der Waals surface area contributed by atoms with E-state index in [0.717, 1.165) is 34.2 Å². The number of H-pyrrole nitrogens is 1. The Kier molecular flexibility index (Phi) is 3.62. The molecule has 0 aliphatic carbocycles. The number of benzene rings is 1. The predicted octanol–water partition coefficient (Wildman–Crippen LogP) is 3.53. The van der Waals surface area contributed by atoms with Gasteiger partial charge in [0.25, 0.3) is 0 Å². The third-order valence-electron chi connectivity index (χ3n) is 3.60. The van der Waals surface area contributed by atoms with Gasteiger partial charge in [0, 0.05) is 18.0 Å². The predicted molar refractivity (Wildman–Crippen MR) is 82.8 cm³/mol. The van der Waals surface area contributed by atoms with E-state index in [1.807, 2.05) is 56.4 Å². The molecule has 0 amide bonds. The van der Waals surface area contributed by atoms with E-state index in [0.29, 0.717) is 6.42 Å². The fourth-order valence-corrected chi connectivity index (χ4v) is 2.53. The van der Waals surface area contributed by atoms with Crippen LogP contribution in [0.2, 0.25) is 0 Å². The number of imidazole rings is 1. The SMILES string of the molecule is Cc1cc(-c2cnc(CC(N)c3ccccc3)[nH]2)c(C)o1. The molecule has 0 radical (unpaired) electrons. The summed E-state index contributed by atoms with van der Waals surface area (Å²) >= 11 is 0. The smallest absolute Gasteiger partial charge is 0.110 e. The second-order valence-corrected chi connectivity index (χ2v) is 5.29. The highest BCUT2D eigenvalue weighted by Gasteiger charge is 2.13. The highest BCUT2D eigenvalue weighted by atomic mass is 16.3. The Morgan fingerprint density at radius 3 is 2.67 bits per heavy atom. The zero-order valence-electron chi connectivity index (χ0n) is 12.3. The van der Waals surface area contributed by atoms with Crippen molar-refractivity contribution in [3.05, 3.63) is 65.5 Å². The average Bonchev–Trinajstić information content (AvgIpc) is 3.06. The molecule has 0 saturated carbocycles. The van der Waals surface area contributed by atoms with Crippen LogP contribution in [0.25, 0.3) is 11.3 Å². The van der Waals surface area contributed by atoms with Gasteiger partial charge in [0.2, 0.25) is 0 Å². The van der Waals surface area contributed by atoms with Gasteiger partial charge in [0.1, 0.15) is 17.3 Å². The van der Waals surface area contributed by atoms with E-state index in [2.05, 4.69) is 9.97 Å². The van der Waals surface area contributed by atoms with E-state index < -0.39 is 0 Å². The van der Waals surface area contributed by atoms with Crippen LogP contribution in [0, 0.1) is 13.8 Å². The van der Waals surface area contributed by atoms with Crippen LogP contribution in [0.5, 0.6) is 0 Å². The molecule has 1 unspecified atom stereocenters. The molecular formula is C17H19N3O. The van der Waals surface area contributed by atoms with E-state index in [-0.39, 0.29) is 6.04 Å². The van der Waals surface area contributed by atoms with Gasteiger partial charge in [-0.05, 0) is 25.5 Å². The molecule has 0 aliphatic heterocycles. The van der Waals surface area contributed by atoms with Crippen LogP contribution >= 0.6 is 0 Å². The largest absolute Gasteiger partial charge is 0.466 e. The number of nitrogens with two attached hydrogens (primary N) is 1. The Balaban J connectivity index is 1.78. The lowest BCUT2D eigenvalue weighted by molar-refractivity contribution is 0.505. The lowest BCUT2D eigenvalue weighted by Gasteiger charge is -2.09. The second kappa shape index (κ2) is 5.58. The number of hydrogen-bond acceptors (Lipinski definition) is 3. The molecule has 0 spiro atoms. The molecule has 108 valence electrons.